The van der Waals surface area contributed by atoms with E-state index in [-0.39, 0.29) is 0 Å². The van der Waals surface area contributed by atoms with Crippen molar-refractivity contribution in [2.75, 3.05) is 0 Å². The molecule has 0 N–H and O–H groups in total. The van der Waals surface area contributed by atoms with Gasteiger partial charge < -0.3 is 0 Å². The Balaban J connectivity index is 0. The van der Waals surface area contributed by atoms with Crippen molar-refractivity contribution in [3.05, 3.63) is 0 Å². The van der Waals surface area contributed by atoms with Crippen LogP contribution in [0.15, 0.2) is 0 Å². The van der Waals surface area contributed by atoms with Crippen LogP contribution in [0.2, 0.25) is 0 Å². The number of rotatable bonds is 0. The third-order valence-corrected chi connectivity index (χ3v) is 0. The van der Waals surface area contributed by atoms with Crippen LogP contribution >= 0.6 is 28.9 Å². The molecule has 0 spiro atoms. The summed E-state index contributed by atoms with van der Waals surface area (Å²) in [5.74, 6) is 0. The molecule has 4 heteroatoms. The molecule has 0 aromatic rings. The van der Waals surface area contributed by atoms with Gasteiger partial charge in [0.05, 0.1) is 0 Å². The van der Waals surface area contributed by atoms with Crippen LogP contribution in [0.5, 0.6) is 0 Å². The van der Waals surface area contributed by atoms with Crippen molar-refractivity contribution in [3.63, 3.8) is 0 Å². The molecule has 6 heavy (non-hydrogen) atoms. The Kier molecular flexibility index (Phi) is 17.0. The molecular formula is C2H6Cl3Ga. The number of halogens is 3. The van der Waals surface area contributed by atoms with Gasteiger partial charge in [0.15, 0.2) is 0 Å². The van der Waals surface area contributed by atoms with E-state index in [1.165, 1.54) is 0 Å². The monoisotopic (exact) mass is 204 g/mol. The van der Waals surface area contributed by atoms with E-state index >= 15 is 0 Å². The summed E-state index contributed by atoms with van der Waals surface area (Å²) >= 11 is -2.06. The first kappa shape index (κ1) is 10.5. The second kappa shape index (κ2) is 9.71. The molecule has 38 valence electrons. The molecule has 0 rings (SSSR count). The van der Waals surface area contributed by atoms with Gasteiger partial charge in [0.1, 0.15) is 0 Å². The summed E-state index contributed by atoms with van der Waals surface area (Å²) in [7, 11) is 15.0. The Morgan fingerprint density at radius 3 is 1.00 bits per heavy atom. The zero-order valence-corrected chi connectivity index (χ0v) is 8.40. The normalized spacial score (nSPS) is 5.50. The molecule has 0 aliphatic heterocycles. The summed E-state index contributed by atoms with van der Waals surface area (Å²) in [4.78, 5) is 0. The minimum atomic E-state index is -2.06. The Hall–Kier alpha value is 1.51. The molecule has 0 saturated heterocycles. The molecule has 0 aliphatic rings. The predicted octanol–water partition coefficient (Wildman–Crippen LogP) is 2.71. The van der Waals surface area contributed by atoms with Gasteiger partial charge in [-0.15, -0.1) is 0 Å². The number of hydrogen-bond acceptors (Lipinski definition) is 0. The molecule has 0 aromatic carbocycles. The molecule has 0 heterocycles. The summed E-state index contributed by atoms with van der Waals surface area (Å²) < 4.78 is 0. The zero-order chi connectivity index (χ0) is 5.58. The van der Waals surface area contributed by atoms with Crippen LogP contribution in [-0.4, -0.2) is 13.2 Å². The average molecular weight is 206 g/mol. The van der Waals surface area contributed by atoms with Gasteiger partial charge in [-0.2, -0.15) is 0 Å². The first-order valence-corrected chi connectivity index (χ1v) is 11.2. The van der Waals surface area contributed by atoms with Gasteiger partial charge in [0, 0.05) is 0 Å². The van der Waals surface area contributed by atoms with Gasteiger partial charge >= 0.3 is 42.1 Å². The third-order valence-electron chi connectivity index (χ3n) is 0. The van der Waals surface area contributed by atoms with E-state index in [2.05, 4.69) is 0 Å². The van der Waals surface area contributed by atoms with Crippen molar-refractivity contribution >= 4 is 42.1 Å². The van der Waals surface area contributed by atoms with Crippen molar-refractivity contribution in [2.24, 2.45) is 0 Å². The van der Waals surface area contributed by atoms with Crippen LogP contribution in [0.1, 0.15) is 13.8 Å². The van der Waals surface area contributed by atoms with Crippen LogP contribution in [0.3, 0.4) is 0 Å². The summed E-state index contributed by atoms with van der Waals surface area (Å²) in [5, 5.41) is 0. The predicted molar refractivity (Wildman–Crippen MR) is 34.7 cm³/mol. The fourth-order valence-corrected chi connectivity index (χ4v) is 0. The van der Waals surface area contributed by atoms with Crippen LogP contribution in [0, 0.1) is 0 Å². The van der Waals surface area contributed by atoms with Crippen molar-refractivity contribution < 1.29 is 0 Å². The van der Waals surface area contributed by atoms with Gasteiger partial charge in [0.2, 0.25) is 0 Å². The molecule has 0 radical (unpaired) electrons. The van der Waals surface area contributed by atoms with E-state index < -0.39 is 13.2 Å². The summed E-state index contributed by atoms with van der Waals surface area (Å²) in [6, 6.07) is 0. The molecule has 0 nitrogen and oxygen atoms in total. The Morgan fingerprint density at radius 1 is 1.00 bits per heavy atom. The van der Waals surface area contributed by atoms with Gasteiger partial charge in [0.25, 0.3) is 0 Å². The summed E-state index contributed by atoms with van der Waals surface area (Å²) in [5.41, 5.74) is 0. The van der Waals surface area contributed by atoms with Gasteiger partial charge in [-0.3, -0.25) is 0 Å². The Labute approximate surface area is 55.9 Å². The van der Waals surface area contributed by atoms with E-state index in [9.17, 15) is 0 Å². The first-order valence-electron chi connectivity index (χ1n) is 1.65. The molecule has 0 fully saturated rings. The fourth-order valence-electron chi connectivity index (χ4n) is 0. The van der Waals surface area contributed by atoms with Gasteiger partial charge in [-0.25, -0.2) is 0 Å². The van der Waals surface area contributed by atoms with Crippen LogP contribution in [0.4, 0.5) is 0 Å². The van der Waals surface area contributed by atoms with E-state index in [0.29, 0.717) is 0 Å². The molecule has 0 aliphatic carbocycles. The molecular weight excluding hydrogens is 200 g/mol. The quantitative estimate of drug-likeness (QED) is 0.534. The zero-order valence-electron chi connectivity index (χ0n) is 3.71. The summed E-state index contributed by atoms with van der Waals surface area (Å²) in [6.07, 6.45) is 0. The second-order valence-corrected chi connectivity index (χ2v) is 11.6. The third kappa shape index (κ3) is 49.3. The van der Waals surface area contributed by atoms with Crippen molar-refractivity contribution in [1.29, 1.82) is 0 Å². The first-order chi connectivity index (χ1) is 2.73. The van der Waals surface area contributed by atoms with Crippen LogP contribution < -0.4 is 0 Å². The van der Waals surface area contributed by atoms with Crippen LogP contribution in [-0.2, 0) is 0 Å². The molecule has 0 bridgehead atoms. The van der Waals surface area contributed by atoms with E-state index in [1.807, 2.05) is 13.8 Å². The van der Waals surface area contributed by atoms with Crippen LogP contribution in [0.25, 0.3) is 0 Å². The van der Waals surface area contributed by atoms with Gasteiger partial charge in [-0.05, 0) is 0 Å². The molecule has 0 aromatic heterocycles. The molecule has 0 amide bonds. The molecule has 0 saturated carbocycles. The molecule has 0 unspecified atom stereocenters. The Bertz CT molecular complexity index is 13.5. The van der Waals surface area contributed by atoms with Gasteiger partial charge in [-0.1, -0.05) is 13.8 Å². The standard InChI is InChI=1S/C2H6.3ClH.Ga/c1-2;;;;/h1-2H3;3*1H;/q;;;;+3/p-3. The SMILES string of the molecule is CC.[Cl][Ga]([Cl])[Cl]. The Morgan fingerprint density at radius 2 is 1.00 bits per heavy atom. The van der Waals surface area contributed by atoms with Crippen molar-refractivity contribution in [2.45, 2.75) is 13.8 Å². The maximum atomic E-state index is 4.99. The van der Waals surface area contributed by atoms with Crippen molar-refractivity contribution in [3.8, 4) is 0 Å². The molecule has 0 atom stereocenters. The van der Waals surface area contributed by atoms with E-state index in [4.69, 9.17) is 28.9 Å². The topological polar surface area (TPSA) is 0 Å². The number of hydrogen-bond donors (Lipinski definition) is 0. The minimum absolute atomic E-state index is 2.00. The van der Waals surface area contributed by atoms with E-state index in [1.54, 1.807) is 0 Å². The fraction of sp³-hybridized carbons (Fsp3) is 1.00. The maximum absolute atomic E-state index is 4.99. The summed E-state index contributed by atoms with van der Waals surface area (Å²) in [6.45, 7) is 4.00. The van der Waals surface area contributed by atoms with Crippen molar-refractivity contribution in [1.82, 2.24) is 0 Å². The second-order valence-electron chi connectivity index (χ2n) is 0.247. The van der Waals surface area contributed by atoms with E-state index in [0.717, 1.165) is 0 Å². The average Bonchev–Trinajstić information content (AvgIpc) is 1.41.